The molecule has 2 rings (SSSR count). The molecule has 0 bridgehead atoms. The Morgan fingerprint density at radius 2 is 2.46 bits per heavy atom. The lowest BCUT2D eigenvalue weighted by atomic mass is 9.98. The van der Waals surface area contributed by atoms with Crippen molar-refractivity contribution in [1.29, 1.82) is 0 Å². The molecule has 0 spiro atoms. The van der Waals surface area contributed by atoms with Crippen LogP contribution in [0.25, 0.3) is 0 Å². The van der Waals surface area contributed by atoms with Crippen molar-refractivity contribution in [3.63, 3.8) is 0 Å². The fraction of sp³-hybridized carbons (Fsp3) is 0.600. The molecule has 1 aliphatic rings. The van der Waals surface area contributed by atoms with Crippen LogP contribution < -0.4 is 0 Å². The maximum Gasteiger partial charge on any atom is 0.0823 e. The Hall–Kier alpha value is -0.380. The van der Waals surface area contributed by atoms with Gasteiger partial charge in [-0.2, -0.15) is 11.3 Å². The van der Waals surface area contributed by atoms with Gasteiger partial charge in [-0.15, -0.1) is 0 Å². The number of hydrogen-bond acceptors (Lipinski definition) is 3. The quantitative estimate of drug-likeness (QED) is 0.801. The minimum Gasteiger partial charge on any atom is -0.390 e. The van der Waals surface area contributed by atoms with Gasteiger partial charge in [0.2, 0.25) is 0 Å². The van der Waals surface area contributed by atoms with Gasteiger partial charge in [-0.1, -0.05) is 0 Å². The van der Waals surface area contributed by atoms with E-state index < -0.39 is 0 Å². The molecule has 1 aliphatic heterocycles. The largest absolute Gasteiger partial charge is 0.390 e. The second-order valence-corrected chi connectivity index (χ2v) is 4.32. The van der Waals surface area contributed by atoms with Gasteiger partial charge in [0.1, 0.15) is 0 Å². The number of rotatable bonds is 3. The van der Waals surface area contributed by atoms with Gasteiger partial charge in [0.05, 0.1) is 19.3 Å². The maximum absolute atomic E-state index is 9.50. The van der Waals surface area contributed by atoms with Crippen molar-refractivity contribution in [2.75, 3.05) is 13.2 Å². The second-order valence-electron chi connectivity index (χ2n) is 3.54. The lowest BCUT2D eigenvalue weighted by molar-refractivity contribution is 0.117. The first-order valence-electron chi connectivity index (χ1n) is 4.63. The molecule has 1 fully saturated rings. The Bertz CT molecular complexity index is 245. The fourth-order valence-electron chi connectivity index (χ4n) is 1.65. The lowest BCUT2D eigenvalue weighted by Gasteiger charge is -2.10. The van der Waals surface area contributed by atoms with E-state index in [0.29, 0.717) is 12.5 Å². The average Bonchev–Trinajstić information content (AvgIpc) is 2.72. The summed E-state index contributed by atoms with van der Waals surface area (Å²) in [4.78, 5) is 0. The van der Waals surface area contributed by atoms with Gasteiger partial charge in [0.25, 0.3) is 0 Å². The van der Waals surface area contributed by atoms with Crippen LogP contribution in [0, 0.1) is 5.92 Å². The van der Waals surface area contributed by atoms with E-state index in [0.717, 1.165) is 19.4 Å². The number of aliphatic hydroxyl groups excluding tert-OH is 1. The summed E-state index contributed by atoms with van der Waals surface area (Å²) in [5, 5.41) is 13.8. The number of ether oxygens (including phenoxy) is 1. The van der Waals surface area contributed by atoms with Crippen molar-refractivity contribution in [2.45, 2.75) is 18.9 Å². The summed E-state index contributed by atoms with van der Waals surface area (Å²) in [7, 11) is 0. The molecule has 1 aromatic rings. The maximum atomic E-state index is 9.50. The monoisotopic (exact) mass is 198 g/mol. The van der Waals surface area contributed by atoms with E-state index in [2.05, 4.69) is 16.8 Å². The molecule has 0 unspecified atom stereocenters. The zero-order valence-corrected chi connectivity index (χ0v) is 8.30. The Morgan fingerprint density at radius 1 is 1.54 bits per heavy atom. The molecule has 1 aromatic heterocycles. The lowest BCUT2D eigenvalue weighted by Crippen LogP contribution is -2.18. The summed E-state index contributed by atoms with van der Waals surface area (Å²) in [5.41, 5.74) is 1.38. The van der Waals surface area contributed by atoms with Crippen LogP contribution in [0.1, 0.15) is 12.0 Å². The minimum absolute atomic E-state index is 0.237. The van der Waals surface area contributed by atoms with Crippen molar-refractivity contribution in [2.24, 2.45) is 5.92 Å². The Labute approximate surface area is 82.2 Å². The molecule has 2 atom stereocenters. The van der Waals surface area contributed by atoms with Crippen LogP contribution in [0.4, 0.5) is 0 Å². The van der Waals surface area contributed by atoms with E-state index in [1.54, 1.807) is 11.3 Å². The molecule has 72 valence electrons. The number of aliphatic hydroxyl groups is 1. The van der Waals surface area contributed by atoms with Crippen molar-refractivity contribution >= 4 is 11.3 Å². The van der Waals surface area contributed by atoms with Gasteiger partial charge in [-0.25, -0.2) is 0 Å². The van der Waals surface area contributed by atoms with Gasteiger partial charge in [-0.3, -0.25) is 0 Å². The first kappa shape index (κ1) is 9.19. The molecule has 0 amide bonds. The van der Waals surface area contributed by atoms with Crippen molar-refractivity contribution < 1.29 is 9.84 Å². The van der Waals surface area contributed by atoms with Crippen LogP contribution in [0.2, 0.25) is 0 Å². The van der Waals surface area contributed by atoms with Crippen LogP contribution >= 0.6 is 11.3 Å². The first-order chi connectivity index (χ1) is 6.36. The van der Waals surface area contributed by atoms with Gasteiger partial charge < -0.3 is 9.84 Å². The molecule has 3 heteroatoms. The summed E-state index contributed by atoms with van der Waals surface area (Å²) in [6.45, 7) is 1.25. The molecule has 1 saturated heterocycles. The van der Waals surface area contributed by atoms with Crippen LogP contribution in [0.5, 0.6) is 0 Å². The van der Waals surface area contributed by atoms with E-state index >= 15 is 0 Å². The third kappa shape index (κ3) is 2.30. The summed E-state index contributed by atoms with van der Waals surface area (Å²) >= 11 is 1.73. The molecule has 2 heterocycles. The highest BCUT2D eigenvalue weighted by molar-refractivity contribution is 7.07. The standard InChI is InChI=1S/C10H14O2S/c11-10-6-12-5-9(10)2-1-8-3-4-13-7-8/h3-4,7,9-11H,1-2,5-6H2/t9-,10-/m1/s1. The SMILES string of the molecule is O[C@@H]1COC[C@H]1CCc1ccsc1. The van der Waals surface area contributed by atoms with Crippen molar-refractivity contribution in [1.82, 2.24) is 0 Å². The van der Waals surface area contributed by atoms with E-state index in [1.165, 1.54) is 5.56 Å². The van der Waals surface area contributed by atoms with E-state index in [9.17, 15) is 5.11 Å². The molecule has 0 saturated carbocycles. The average molecular weight is 198 g/mol. The highest BCUT2D eigenvalue weighted by Gasteiger charge is 2.25. The normalized spacial score (nSPS) is 28.1. The Kier molecular flexibility index (Phi) is 2.98. The van der Waals surface area contributed by atoms with Gasteiger partial charge in [-0.05, 0) is 35.2 Å². The number of hydrogen-bond donors (Lipinski definition) is 1. The van der Waals surface area contributed by atoms with Gasteiger partial charge >= 0.3 is 0 Å². The topological polar surface area (TPSA) is 29.5 Å². The third-order valence-corrected chi connectivity index (χ3v) is 3.28. The second kappa shape index (κ2) is 4.22. The molecular formula is C10H14O2S. The molecular weight excluding hydrogens is 184 g/mol. The third-order valence-electron chi connectivity index (χ3n) is 2.55. The summed E-state index contributed by atoms with van der Waals surface area (Å²) in [5.74, 6) is 0.347. The van der Waals surface area contributed by atoms with Crippen LogP contribution in [-0.4, -0.2) is 24.4 Å². The zero-order valence-electron chi connectivity index (χ0n) is 7.48. The van der Waals surface area contributed by atoms with Crippen molar-refractivity contribution in [3.8, 4) is 0 Å². The molecule has 13 heavy (non-hydrogen) atoms. The minimum atomic E-state index is -0.237. The predicted molar refractivity (Wildman–Crippen MR) is 53.0 cm³/mol. The predicted octanol–water partition coefficient (Wildman–Crippen LogP) is 1.69. The summed E-state index contributed by atoms with van der Waals surface area (Å²) < 4.78 is 5.19. The number of aryl methyl sites for hydroxylation is 1. The van der Waals surface area contributed by atoms with E-state index in [4.69, 9.17) is 4.74 Å². The Balaban J connectivity index is 1.79. The summed E-state index contributed by atoms with van der Waals surface area (Å²) in [6, 6.07) is 2.15. The van der Waals surface area contributed by atoms with E-state index in [-0.39, 0.29) is 6.10 Å². The first-order valence-corrected chi connectivity index (χ1v) is 5.57. The highest BCUT2D eigenvalue weighted by atomic mass is 32.1. The zero-order chi connectivity index (χ0) is 9.10. The highest BCUT2D eigenvalue weighted by Crippen LogP contribution is 2.20. The van der Waals surface area contributed by atoms with Crippen LogP contribution in [-0.2, 0) is 11.2 Å². The van der Waals surface area contributed by atoms with E-state index in [1.807, 2.05) is 0 Å². The molecule has 2 nitrogen and oxygen atoms in total. The van der Waals surface area contributed by atoms with Crippen LogP contribution in [0.15, 0.2) is 16.8 Å². The summed E-state index contributed by atoms with van der Waals surface area (Å²) in [6.07, 6.45) is 1.87. The smallest absolute Gasteiger partial charge is 0.0823 e. The Morgan fingerprint density at radius 3 is 3.08 bits per heavy atom. The molecule has 0 radical (unpaired) electrons. The molecule has 1 N–H and O–H groups in total. The van der Waals surface area contributed by atoms with Gasteiger partial charge in [0, 0.05) is 5.92 Å². The fourth-order valence-corrected chi connectivity index (χ4v) is 2.35. The molecule has 0 aromatic carbocycles. The van der Waals surface area contributed by atoms with Crippen molar-refractivity contribution in [3.05, 3.63) is 22.4 Å². The number of thiophene rings is 1. The van der Waals surface area contributed by atoms with Gasteiger partial charge in [0.15, 0.2) is 0 Å². The van der Waals surface area contributed by atoms with Crippen LogP contribution in [0.3, 0.4) is 0 Å². The molecule has 0 aliphatic carbocycles.